The number of hydrogen-bond acceptors (Lipinski definition) is 5. The molecule has 2 atom stereocenters. The van der Waals surface area contributed by atoms with E-state index in [1.807, 2.05) is 13.2 Å². The molecule has 1 saturated heterocycles. The third kappa shape index (κ3) is 2.44. The van der Waals surface area contributed by atoms with Crippen LogP contribution in [0.15, 0.2) is 18.2 Å². The molecule has 5 nitrogen and oxygen atoms in total. The van der Waals surface area contributed by atoms with Gasteiger partial charge >= 0.3 is 0 Å². The van der Waals surface area contributed by atoms with Gasteiger partial charge < -0.3 is 19.1 Å². The lowest BCUT2D eigenvalue weighted by Crippen LogP contribution is -2.48. The number of rotatable bonds is 2. The predicted octanol–water partition coefficient (Wildman–Crippen LogP) is 4.06. The molecule has 2 fully saturated rings. The summed E-state index contributed by atoms with van der Waals surface area (Å²) in [6.07, 6.45) is 6.63. The molecule has 0 unspecified atom stereocenters. The lowest BCUT2D eigenvalue weighted by atomic mass is 9.76. The Bertz CT molecular complexity index is 853. The first-order valence-electron chi connectivity index (χ1n) is 9.67. The molecule has 0 bridgehead atoms. The molecule has 26 heavy (non-hydrogen) atoms. The number of hydrogen-bond donors (Lipinski definition) is 0. The Morgan fingerprint density at radius 2 is 1.96 bits per heavy atom. The van der Waals surface area contributed by atoms with Gasteiger partial charge in [-0.1, -0.05) is 6.42 Å². The number of fused-ring (bicyclic) bond motifs is 2. The first-order valence-corrected chi connectivity index (χ1v) is 9.67. The number of nitrogens with zero attached hydrogens (tertiary/aromatic N) is 2. The number of anilines is 1. The molecule has 138 valence electrons. The normalized spacial score (nSPS) is 27.6. The lowest BCUT2D eigenvalue weighted by molar-refractivity contribution is 0.00231. The van der Waals surface area contributed by atoms with E-state index in [1.54, 1.807) is 0 Å². The molecule has 1 aromatic carbocycles. The smallest absolute Gasteiger partial charge is 0.231 e. The molecular formula is C21H26N2O3. The molecule has 3 heterocycles. The number of aryl methyl sites for hydroxylation is 1. The van der Waals surface area contributed by atoms with Crippen molar-refractivity contribution >= 4 is 16.6 Å². The van der Waals surface area contributed by atoms with Crippen LogP contribution in [0.3, 0.4) is 0 Å². The van der Waals surface area contributed by atoms with Crippen LogP contribution < -0.4 is 14.4 Å². The van der Waals surface area contributed by atoms with E-state index in [4.69, 9.17) is 19.2 Å². The second-order valence-electron chi connectivity index (χ2n) is 8.01. The highest BCUT2D eigenvalue weighted by molar-refractivity contribution is 5.94. The minimum atomic E-state index is 0.294. The third-order valence-corrected chi connectivity index (χ3v) is 6.47. The summed E-state index contributed by atoms with van der Waals surface area (Å²) in [7, 11) is 1.88. The summed E-state index contributed by atoms with van der Waals surface area (Å²) in [5.41, 5.74) is 3.60. The lowest BCUT2D eigenvalue weighted by Gasteiger charge is -2.45. The number of ether oxygens (including phenoxy) is 3. The van der Waals surface area contributed by atoms with Gasteiger partial charge in [0.05, 0.1) is 11.6 Å². The van der Waals surface area contributed by atoms with Crippen LogP contribution >= 0.6 is 0 Å². The van der Waals surface area contributed by atoms with E-state index < -0.39 is 0 Å². The minimum Gasteiger partial charge on any atom is -0.454 e. The standard InChI is InChI=1S/C21H26N2O3/c1-14-9-17(15-10-18-19(26-13-25-18)11-16(15)22-14)23-8-4-7-21(12-23)6-3-5-20(21)24-2/h9-11,20H,3-8,12-13H2,1-2H3/t20-,21-/m1/s1. The van der Waals surface area contributed by atoms with E-state index in [2.05, 4.69) is 24.0 Å². The van der Waals surface area contributed by atoms with Crippen molar-refractivity contribution < 1.29 is 14.2 Å². The van der Waals surface area contributed by atoms with E-state index in [1.165, 1.54) is 37.8 Å². The summed E-state index contributed by atoms with van der Waals surface area (Å²) < 4.78 is 17.0. The van der Waals surface area contributed by atoms with Gasteiger partial charge in [0.1, 0.15) is 0 Å². The molecule has 1 saturated carbocycles. The van der Waals surface area contributed by atoms with Crippen molar-refractivity contribution in [3.8, 4) is 11.5 Å². The SMILES string of the molecule is CO[C@@H]1CCC[C@]12CCCN(c1cc(C)nc3cc4c(cc13)OCO4)C2. The molecule has 2 aromatic rings. The van der Waals surface area contributed by atoms with E-state index >= 15 is 0 Å². The van der Waals surface area contributed by atoms with Gasteiger partial charge in [-0.3, -0.25) is 4.98 Å². The number of benzene rings is 1. The highest BCUT2D eigenvalue weighted by Crippen LogP contribution is 2.48. The van der Waals surface area contributed by atoms with Crippen molar-refractivity contribution in [2.24, 2.45) is 5.41 Å². The zero-order valence-corrected chi connectivity index (χ0v) is 15.6. The molecule has 3 aliphatic rings. The van der Waals surface area contributed by atoms with Crippen LogP contribution in [0.25, 0.3) is 10.9 Å². The first-order chi connectivity index (χ1) is 12.7. The Labute approximate surface area is 154 Å². The van der Waals surface area contributed by atoms with Gasteiger partial charge in [0, 0.05) is 48.4 Å². The Balaban J connectivity index is 1.58. The second-order valence-corrected chi connectivity index (χ2v) is 8.01. The van der Waals surface area contributed by atoms with Gasteiger partial charge in [-0.25, -0.2) is 0 Å². The summed E-state index contributed by atoms with van der Waals surface area (Å²) in [5.74, 6) is 1.62. The van der Waals surface area contributed by atoms with Crippen LogP contribution in [0.5, 0.6) is 11.5 Å². The van der Waals surface area contributed by atoms with Gasteiger partial charge in [0.25, 0.3) is 0 Å². The summed E-state index contributed by atoms with van der Waals surface area (Å²) in [6.45, 7) is 4.52. The van der Waals surface area contributed by atoms with Gasteiger partial charge in [0.15, 0.2) is 11.5 Å². The van der Waals surface area contributed by atoms with Crippen molar-refractivity contribution in [2.75, 3.05) is 31.9 Å². The molecular weight excluding hydrogens is 328 g/mol. The van der Waals surface area contributed by atoms with Crippen molar-refractivity contribution in [1.29, 1.82) is 0 Å². The topological polar surface area (TPSA) is 43.8 Å². The molecule has 1 spiro atoms. The Kier molecular flexibility index (Phi) is 3.74. The van der Waals surface area contributed by atoms with E-state index in [-0.39, 0.29) is 0 Å². The third-order valence-electron chi connectivity index (χ3n) is 6.47. The van der Waals surface area contributed by atoms with Crippen LogP contribution in [-0.2, 0) is 4.74 Å². The van der Waals surface area contributed by atoms with Crippen LogP contribution in [0.2, 0.25) is 0 Å². The maximum absolute atomic E-state index is 5.88. The maximum Gasteiger partial charge on any atom is 0.231 e. The predicted molar refractivity (Wildman–Crippen MR) is 101 cm³/mol. The largest absolute Gasteiger partial charge is 0.454 e. The van der Waals surface area contributed by atoms with Crippen molar-refractivity contribution in [2.45, 2.75) is 45.1 Å². The van der Waals surface area contributed by atoms with Crippen LogP contribution in [0, 0.1) is 12.3 Å². The maximum atomic E-state index is 5.88. The second kappa shape index (κ2) is 6.02. The number of piperidine rings is 1. The quantitative estimate of drug-likeness (QED) is 0.814. The van der Waals surface area contributed by atoms with Gasteiger partial charge in [0.2, 0.25) is 6.79 Å². The first kappa shape index (κ1) is 16.2. The van der Waals surface area contributed by atoms with Crippen LogP contribution in [-0.4, -0.2) is 38.1 Å². The van der Waals surface area contributed by atoms with Crippen molar-refractivity contribution in [3.05, 3.63) is 23.9 Å². The molecule has 0 amide bonds. The minimum absolute atomic E-state index is 0.294. The van der Waals surface area contributed by atoms with Crippen LogP contribution in [0.1, 0.15) is 37.8 Å². The fourth-order valence-corrected chi connectivity index (χ4v) is 5.30. The van der Waals surface area contributed by atoms with E-state index in [9.17, 15) is 0 Å². The van der Waals surface area contributed by atoms with Crippen molar-refractivity contribution in [1.82, 2.24) is 4.98 Å². The molecule has 2 aliphatic heterocycles. The molecule has 0 radical (unpaired) electrons. The molecule has 0 N–H and O–H groups in total. The summed E-state index contributed by atoms with van der Waals surface area (Å²) in [5, 5.41) is 1.16. The van der Waals surface area contributed by atoms with Gasteiger partial charge in [-0.15, -0.1) is 0 Å². The van der Waals surface area contributed by atoms with E-state index in [0.29, 0.717) is 18.3 Å². The average molecular weight is 354 g/mol. The fourth-order valence-electron chi connectivity index (χ4n) is 5.30. The zero-order chi connectivity index (χ0) is 17.7. The summed E-state index contributed by atoms with van der Waals surface area (Å²) in [4.78, 5) is 7.30. The Morgan fingerprint density at radius 1 is 1.15 bits per heavy atom. The Morgan fingerprint density at radius 3 is 2.81 bits per heavy atom. The summed E-state index contributed by atoms with van der Waals surface area (Å²) >= 11 is 0. The summed E-state index contributed by atoms with van der Waals surface area (Å²) in [6, 6.07) is 6.34. The zero-order valence-electron chi connectivity index (χ0n) is 15.6. The molecule has 5 rings (SSSR count). The molecule has 5 heteroatoms. The van der Waals surface area contributed by atoms with Gasteiger partial charge in [-0.2, -0.15) is 0 Å². The molecule has 1 aliphatic carbocycles. The van der Waals surface area contributed by atoms with Gasteiger partial charge in [-0.05, 0) is 44.7 Å². The monoisotopic (exact) mass is 354 g/mol. The number of methoxy groups -OCH3 is 1. The highest BCUT2D eigenvalue weighted by atomic mass is 16.7. The molecule has 1 aromatic heterocycles. The highest BCUT2D eigenvalue weighted by Gasteiger charge is 2.46. The van der Waals surface area contributed by atoms with Crippen LogP contribution in [0.4, 0.5) is 5.69 Å². The fraction of sp³-hybridized carbons (Fsp3) is 0.571. The number of pyridine rings is 1. The number of aromatic nitrogens is 1. The van der Waals surface area contributed by atoms with E-state index in [0.717, 1.165) is 41.2 Å². The van der Waals surface area contributed by atoms with Crippen molar-refractivity contribution in [3.63, 3.8) is 0 Å². The average Bonchev–Trinajstić information content (AvgIpc) is 3.25. The Hall–Kier alpha value is -2.01.